The molecule has 118 valence electrons. The second-order valence-electron chi connectivity index (χ2n) is 4.64. The molecule has 0 aromatic carbocycles. The molecule has 8 heteroatoms. The van der Waals surface area contributed by atoms with Crippen molar-refractivity contribution in [3.63, 3.8) is 0 Å². The average Bonchev–Trinajstić information content (AvgIpc) is 2.46. The summed E-state index contributed by atoms with van der Waals surface area (Å²) >= 11 is 1.50. The lowest BCUT2D eigenvalue weighted by molar-refractivity contribution is -0.384. The van der Waals surface area contributed by atoms with Crippen molar-refractivity contribution in [1.29, 1.82) is 0 Å². The van der Waals surface area contributed by atoms with Gasteiger partial charge in [-0.25, -0.2) is 4.98 Å². The van der Waals surface area contributed by atoms with E-state index in [1.807, 2.05) is 20.1 Å². The van der Waals surface area contributed by atoms with E-state index >= 15 is 0 Å². The molecule has 0 aliphatic heterocycles. The monoisotopic (exact) mass is 314 g/mol. The molecule has 0 saturated heterocycles. The molecular formula is C13H22N4O3S. The van der Waals surface area contributed by atoms with Crippen LogP contribution in [0.1, 0.15) is 20.3 Å². The van der Waals surface area contributed by atoms with Crippen LogP contribution in [0.15, 0.2) is 12.1 Å². The van der Waals surface area contributed by atoms with Crippen molar-refractivity contribution in [3.8, 4) is 0 Å². The molecule has 0 aliphatic rings. The molecule has 0 bridgehead atoms. The molecule has 0 fully saturated rings. The number of nitrogens with zero attached hydrogens (tertiary/aromatic N) is 2. The van der Waals surface area contributed by atoms with Crippen LogP contribution >= 0.6 is 11.8 Å². The highest BCUT2D eigenvalue weighted by molar-refractivity contribution is 7.99. The number of hydrogen-bond acceptors (Lipinski definition) is 7. The van der Waals surface area contributed by atoms with Crippen LogP contribution < -0.4 is 10.6 Å². The summed E-state index contributed by atoms with van der Waals surface area (Å²) in [4.78, 5) is 14.9. The van der Waals surface area contributed by atoms with E-state index in [9.17, 15) is 15.2 Å². The number of aliphatic hydroxyl groups is 1. The average molecular weight is 314 g/mol. The number of anilines is 2. The molecule has 0 aliphatic carbocycles. The van der Waals surface area contributed by atoms with Gasteiger partial charge in [-0.3, -0.25) is 10.1 Å². The molecule has 3 N–H and O–H groups in total. The highest BCUT2D eigenvalue weighted by Gasteiger charge is 2.21. The van der Waals surface area contributed by atoms with E-state index in [0.29, 0.717) is 5.82 Å². The Morgan fingerprint density at radius 2 is 2.24 bits per heavy atom. The van der Waals surface area contributed by atoms with E-state index in [1.54, 1.807) is 6.07 Å². The summed E-state index contributed by atoms with van der Waals surface area (Å²) in [6.07, 6.45) is 2.83. The van der Waals surface area contributed by atoms with E-state index in [2.05, 4.69) is 15.6 Å². The van der Waals surface area contributed by atoms with Gasteiger partial charge in [-0.2, -0.15) is 11.8 Å². The van der Waals surface area contributed by atoms with Crippen molar-refractivity contribution in [2.45, 2.75) is 31.6 Å². The first kappa shape index (κ1) is 17.5. The summed E-state index contributed by atoms with van der Waals surface area (Å²) in [6, 6.07) is 2.90. The van der Waals surface area contributed by atoms with Crippen LogP contribution in [-0.2, 0) is 0 Å². The summed E-state index contributed by atoms with van der Waals surface area (Å²) in [5.41, 5.74) is -0.0679. The van der Waals surface area contributed by atoms with Gasteiger partial charge in [0.1, 0.15) is 5.82 Å². The highest BCUT2D eigenvalue weighted by atomic mass is 32.2. The Kier molecular flexibility index (Phi) is 7.24. The number of thioether (sulfide) groups is 1. The number of nitrogens with one attached hydrogen (secondary N) is 2. The van der Waals surface area contributed by atoms with Crippen molar-refractivity contribution in [2.75, 3.05) is 30.0 Å². The van der Waals surface area contributed by atoms with Gasteiger partial charge in [0, 0.05) is 23.9 Å². The molecule has 1 rings (SSSR count). The lowest BCUT2D eigenvalue weighted by atomic mass is 10.2. The molecule has 0 spiro atoms. The van der Waals surface area contributed by atoms with Crippen LogP contribution in [0.3, 0.4) is 0 Å². The number of aliphatic hydroxyl groups excluding tert-OH is 1. The highest BCUT2D eigenvalue weighted by Crippen LogP contribution is 2.26. The molecule has 1 aromatic rings. The minimum absolute atomic E-state index is 0.00307. The van der Waals surface area contributed by atoms with Gasteiger partial charge in [-0.1, -0.05) is 6.92 Å². The van der Waals surface area contributed by atoms with Crippen LogP contribution in [0, 0.1) is 10.1 Å². The first-order valence-electron chi connectivity index (χ1n) is 6.83. The van der Waals surface area contributed by atoms with Crippen molar-refractivity contribution in [3.05, 3.63) is 22.2 Å². The predicted molar refractivity (Wildman–Crippen MR) is 87.1 cm³/mol. The lowest BCUT2D eigenvalue weighted by Gasteiger charge is -2.22. The van der Waals surface area contributed by atoms with Gasteiger partial charge in [0.2, 0.25) is 5.82 Å². The van der Waals surface area contributed by atoms with E-state index in [0.717, 1.165) is 13.0 Å². The maximum absolute atomic E-state index is 11.1. The topological polar surface area (TPSA) is 100 Å². The third-order valence-electron chi connectivity index (χ3n) is 3.03. The van der Waals surface area contributed by atoms with Crippen molar-refractivity contribution >= 4 is 29.1 Å². The van der Waals surface area contributed by atoms with Gasteiger partial charge < -0.3 is 15.7 Å². The van der Waals surface area contributed by atoms with Gasteiger partial charge in [-0.15, -0.1) is 0 Å². The molecule has 21 heavy (non-hydrogen) atoms. The van der Waals surface area contributed by atoms with Crippen molar-refractivity contribution in [1.82, 2.24) is 4.98 Å². The number of nitro groups is 1. The Morgan fingerprint density at radius 1 is 1.52 bits per heavy atom. The van der Waals surface area contributed by atoms with E-state index in [-0.39, 0.29) is 29.4 Å². The first-order valence-corrected chi connectivity index (χ1v) is 8.11. The van der Waals surface area contributed by atoms with Gasteiger partial charge in [0.25, 0.3) is 0 Å². The summed E-state index contributed by atoms with van der Waals surface area (Å²) in [5, 5.41) is 26.5. The van der Waals surface area contributed by atoms with Crippen LogP contribution in [0.2, 0.25) is 0 Å². The molecule has 0 radical (unpaired) electrons. The number of hydrogen-bond donors (Lipinski definition) is 3. The fraction of sp³-hybridized carbons (Fsp3) is 0.615. The maximum Gasteiger partial charge on any atom is 0.311 e. The Bertz CT molecular complexity index is 469. The fourth-order valence-corrected chi connectivity index (χ4v) is 2.43. The summed E-state index contributed by atoms with van der Waals surface area (Å²) in [6.45, 7) is 4.65. The third-order valence-corrected chi connectivity index (χ3v) is 4.19. The fourth-order valence-electron chi connectivity index (χ4n) is 1.80. The van der Waals surface area contributed by atoms with Gasteiger partial charge in [0.15, 0.2) is 0 Å². The standard InChI is InChI=1S/C13H22N4O3S/c1-4-7-14-12-6-5-10(17(19)20)13(16-12)15-9(2)11(8-18)21-3/h5-6,9,11,18H,4,7-8H2,1-3H3,(H2,14,15,16). The molecular weight excluding hydrogens is 292 g/mol. The molecule has 7 nitrogen and oxygen atoms in total. The second kappa shape index (κ2) is 8.68. The molecule has 2 atom stereocenters. The zero-order valence-electron chi connectivity index (χ0n) is 12.5. The van der Waals surface area contributed by atoms with E-state index in [4.69, 9.17) is 0 Å². The second-order valence-corrected chi connectivity index (χ2v) is 5.71. The minimum Gasteiger partial charge on any atom is -0.395 e. The molecule has 1 heterocycles. The van der Waals surface area contributed by atoms with E-state index in [1.165, 1.54) is 17.8 Å². The minimum atomic E-state index is -0.460. The number of rotatable bonds is 9. The van der Waals surface area contributed by atoms with Crippen LogP contribution in [0.25, 0.3) is 0 Å². The lowest BCUT2D eigenvalue weighted by Crippen LogP contribution is -2.31. The molecule has 0 amide bonds. The van der Waals surface area contributed by atoms with Gasteiger partial charge in [-0.05, 0) is 25.7 Å². The van der Waals surface area contributed by atoms with Crippen LogP contribution in [0.4, 0.5) is 17.3 Å². The Labute approximate surface area is 128 Å². The summed E-state index contributed by atoms with van der Waals surface area (Å²) in [5.74, 6) is 0.822. The zero-order chi connectivity index (χ0) is 15.8. The quantitative estimate of drug-likeness (QED) is 0.475. The van der Waals surface area contributed by atoms with Gasteiger partial charge in [0.05, 0.1) is 11.5 Å². The predicted octanol–water partition coefficient (Wildman–Crippen LogP) is 2.34. The Morgan fingerprint density at radius 3 is 2.76 bits per heavy atom. The number of pyridine rings is 1. The molecule has 2 unspecified atom stereocenters. The first-order chi connectivity index (χ1) is 10.0. The van der Waals surface area contributed by atoms with Crippen LogP contribution in [-0.4, -0.2) is 45.7 Å². The SMILES string of the molecule is CCCNc1ccc([N+](=O)[O-])c(NC(C)C(CO)SC)n1. The van der Waals surface area contributed by atoms with Gasteiger partial charge >= 0.3 is 5.69 Å². The molecule has 1 aromatic heterocycles. The normalized spacial score (nSPS) is 13.5. The Hall–Kier alpha value is -1.54. The van der Waals surface area contributed by atoms with Crippen molar-refractivity contribution in [2.24, 2.45) is 0 Å². The zero-order valence-corrected chi connectivity index (χ0v) is 13.3. The van der Waals surface area contributed by atoms with E-state index < -0.39 is 4.92 Å². The maximum atomic E-state index is 11.1. The largest absolute Gasteiger partial charge is 0.395 e. The summed E-state index contributed by atoms with van der Waals surface area (Å²) < 4.78 is 0. The Balaban J connectivity index is 2.97. The smallest absolute Gasteiger partial charge is 0.311 e. The van der Waals surface area contributed by atoms with Crippen molar-refractivity contribution < 1.29 is 10.0 Å². The third kappa shape index (κ3) is 5.05. The molecule has 0 saturated carbocycles. The summed E-state index contributed by atoms with van der Waals surface area (Å²) in [7, 11) is 0. The van der Waals surface area contributed by atoms with Crippen LogP contribution in [0.5, 0.6) is 0 Å². The number of aromatic nitrogens is 1.